The molecule has 1 aliphatic carbocycles. The molecule has 1 saturated carbocycles. The van der Waals surface area contributed by atoms with Crippen molar-refractivity contribution in [1.29, 1.82) is 0 Å². The maximum atomic E-state index is 12.8. The number of benzene rings is 1. The van der Waals surface area contributed by atoms with Gasteiger partial charge in [-0.3, -0.25) is 4.79 Å². The summed E-state index contributed by atoms with van der Waals surface area (Å²) < 4.78 is 5.58. The largest absolute Gasteiger partial charge is 0.339 e. The van der Waals surface area contributed by atoms with E-state index in [9.17, 15) is 4.79 Å². The average molecular weight is 340 g/mol. The van der Waals surface area contributed by atoms with Crippen molar-refractivity contribution in [1.82, 2.24) is 15.0 Å². The van der Waals surface area contributed by atoms with Crippen LogP contribution in [0.15, 0.2) is 34.9 Å². The van der Waals surface area contributed by atoms with Crippen molar-refractivity contribution in [3.63, 3.8) is 0 Å². The third-order valence-corrected chi connectivity index (χ3v) is 5.64. The maximum Gasteiger partial charge on any atom is 0.253 e. The second-order valence-electron chi connectivity index (χ2n) is 7.69. The molecular formula is C19H24N4O2. The van der Waals surface area contributed by atoms with Gasteiger partial charge >= 0.3 is 0 Å². The molecule has 1 aliphatic heterocycles. The Kier molecular flexibility index (Phi) is 3.87. The zero-order valence-corrected chi connectivity index (χ0v) is 14.6. The van der Waals surface area contributed by atoms with Gasteiger partial charge in [-0.2, -0.15) is 4.98 Å². The number of carbonyl (C=O) groups excluding carboxylic acids is 1. The molecule has 25 heavy (non-hydrogen) atoms. The zero-order chi connectivity index (χ0) is 17.5. The minimum atomic E-state index is -0.424. The van der Waals surface area contributed by atoms with E-state index in [1.807, 2.05) is 35.2 Å². The standard InChI is InChI=1S/C19H24N4O2/c1-18(17-21-16(22-25-17)19(20)10-5-11-19)9-6-12-23(13-18)15(24)14-7-3-2-4-8-14/h2-4,7-8H,5-6,9-13,20H2,1H3. The smallest absolute Gasteiger partial charge is 0.253 e. The fourth-order valence-electron chi connectivity index (χ4n) is 3.80. The summed E-state index contributed by atoms with van der Waals surface area (Å²) in [4.78, 5) is 19.3. The molecule has 6 heteroatoms. The predicted octanol–water partition coefficient (Wildman–Crippen LogP) is 2.60. The lowest BCUT2D eigenvalue weighted by molar-refractivity contribution is 0.0620. The minimum Gasteiger partial charge on any atom is -0.339 e. The first-order valence-electron chi connectivity index (χ1n) is 8.98. The fourth-order valence-corrected chi connectivity index (χ4v) is 3.80. The Labute approximate surface area is 147 Å². The molecule has 2 heterocycles. The van der Waals surface area contributed by atoms with Gasteiger partial charge < -0.3 is 15.2 Å². The van der Waals surface area contributed by atoms with Crippen molar-refractivity contribution >= 4 is 5.91 Å². The predicted molar refractivity (Wildman–Crippen MR) is 92.9 cm³/mol. The van der Waals surface area contributed by atoms with E-state index in [2.05, 4.69) is 17.1 Å². The summed E-state index contributed by atoms with van der Waals surface area (Å²) in [5.74, 6) is 1.27. The van der Waals surface area contributed by atoms with Crippen molar-refractivity contribution in [3.8, 4) is 0 Å². The number of piperidine rings is 1. The quantitative estimate of drug-likeness (QED) is 0.928. The van der Waals surface area contributed by atoms with E-state index in [-0.39, 0.29) is 11.3 Å². The van der Waals surface area contributed by atoms with Crippen LogP contribution in [0.1, 0.15) is 61.1 Å². The number of amides is 1. The molecule has 0 bridgehead atoms. The van der Waals surface area contributed by atoms with Crippen LogP contribution in [0.4, 0.5) is 0 Å². The Morgan fingerprint density at radius 3 is 2.64 bits per heavy atom. The first kappa shape index (κ1) is 16.3. The van der Waals surface area contributed by atoms with Gasteiger partial charge in [0.1, 0.15) is 0 Å². The summed E-state index contributed by atoms with van der Waals surface area (Å²) in [5.41, 5.74) is 6.28. The molecule has 2 fully saturated rings. The lowest BCUT2D eigenvalue weighted by Crippen LogP contribution is -2.47. The third kappa shape index (κ3) is 2.84. The van der Waals surface area contributed by atoms with Gasteiger partial charge in [-0.05, 0) is 51.2 Å². The van der Waals surface area contributed by atoms with E-state index in [1.54, 1.807) is 0 Å². The Balaban J connectivity index is 1.54. The van der Waals surface area contributed by atoms with Gasteiger partial charge in [0.15, 0.2) is 5.82 Å². The van der Waals surface area contributed by atoms with Gasteiger partial charge in [-0.25, -0.2) is 0 Å². The Bertz CT molecular complexity index is 769. The first-order chi connectivity index (χ1) is 12.0. The van der Waals surface area contributed by atoms with Crippen LogP contribution in [0, 0.1) is 0 Å². The number of likely N-dealkylation sites (tertiary alicyclic amines) is 1. The summed E-state index contributed by atoms with van der Waals surface area (Å²) in [6, 6.07) is 9.40. The average Bonchev–Trinajstić information content (AvgIpc) is 3.11. The topological polar surface area (TPSA) is 85.2 Å². The molecule has 4 rings (SSSR count). The fraction of sp³-hybridized carbons (Fsp3) is 0.526. The van der Waals surface area contributed by atoms with Crippen LogP contribution in [0.5, 0.6) is 0 Å². The van der Waals surface area contributed by atoms with E-state index in [0.29, 0.717) is 23.8 Å². The molecule has 1 aromatic carbocycles. The van der Waals surface area contributed by atoms with Gasteiger partial charge in [0.2, 0.25) is 5.89 Å². The highest BCUT2D eigenvalue weighted by Gasteiger charge is 2.43. The second-order valence-corrected chi connectivity index (χ2v) is 7.69. The lowest BCUT2D eigenvalue weighted by atomic mass is 9.77. The molecule has 1 atom stereocenters. The SMILES string of the molecule is CC1(c2nc(C3(N)CCC3)no2)CCCN(C(=O)c2ccccc2)C1. The summed E-state index contributed by atoms with van der Waals surface area (Å²) in [7, 11) is 0. The summed E-state index contributed by atoms with van der Waals surface area (Å²) in [6.07, 6.45) is 4.75. The number of hydrogen-bond donors (Lipinski definition) is 1. The number of rotatable bonds is 3. The van der Waals surface area contributed by atoms with Crippen molar-refractivity contribution in [2.24, 2.45) is 5.73 Å². The number of aromatic nitrogens is 2. The summed E-state index contributed by atoms with van der Waals surface area (Å²) >= 11 is 0. The Morgan fingerprint density at radius 1 is 1.20 bits per heavy atom. The normalized spacial score (nSPS) is 25.4. The van der Waals surface area contributed by atoms with Crippen LogP contribution in [-0.4, -0.2) is 34.0 Å². The molecule has 1 aromatic heterocycles. The van der Waals surface area contributed by atoms with E-state index in [4.69, 9.17) is 10.3 Å². The highest BCUT2D eigenvalue weighted by Crippen LogP contribution is 2.39. The van der Waals surface area contributed by atoms with Crippen LogP contribution >= 0.6 is 0 Å². The Hall–Kier alpha value is -2.21. The maximum absolute atomic E-state index is 12.8. The van der Waals surface area contributed by atoms with Crippen LogP contribution in [0.25, 0.3) is 0 Å². The van der Waals surface area contributed by atoms with Crippen molar-refractivity contribution in [3.05, 3.63) is 47.6 Å². The zero-order valence-electron chi connectivity index (χ0n) is 14.6. The molecule has 1 amide bonds. The highest BCUT2D eigenvalue weighted by molar-refractivity contribution is 5.94. The molecule has 1 unspecified atom stereocenters. The number of carbonyl (C=O) groups is 1. The first-order valence-corrected chi connectivity index (χ1v) is 8.98. The van der Waals surface area contributed by atoms with Crippen LogP contribution in [0.2, 0.25) is 0 Å². The van der Waals surface area contributed by atoms with Gasteiger partial charge in [0.25, 0.3) is 5.91 Å². The summed E-state index contributed by atoms with van der Waals surface area (Å²) in [6.45, 7) is 3.43. The molecule has 6 nitrogen and oxygen atoms in total. The van der Waals surface area contributed by atoms with Gasteiger partial charge in [0, 0.05) is 18.7 Å². The van der Waals surface area contributed by atoms with Crippen LogP contribution in [-0.2, 0) is 11.0 Å². The number of hydrogen-bond acceptors (Lipinski definition) is 5. The third-order valence-electron chi connectivity index (χ3n) is 5.64. The molecule has 1 saturated heterocycles. The van der Waals surface area contributed by atoms with Gasteiger partial charge in [0.05, 0.1) is 11.0 Å². The van der Waals surface area contributed by atoms with E-state index in [0.717, 1.165) is 38.6 Å². The number of nitrogens with two attached hydrogens (primary N) is 1. The van der Waals surface area contributed by atoms with E-state index in [1.165, 1.54) is 0 Å². The van der Waals surface area contributed by atoms with E-state index < -0.39 is 5.54 Å². The molecule has 0 radical (unpaired) electrons. The molecular weight excluding hydrogens is 316 g/mol. The second kappa shape index (κ2) is 5.95. The van der Waals surface area contributed by atoms with Crippen LogP contribution < -0.4 is 5.73 Å². The van der Waals surface area contributed by atoms with Gasteiger partial charge in [-0.1, -0.05) is 23.4 Å². The molecule has 2 N–H and O–H groups in total. The monoisotopic (exact) mass is 340 g/mol. The van der Waals surface area contributed by atoms with Crippen molar-refractivity contribution < 1.29 is 9.32 Å². The van der Waals surface area contributed by atoms with Crippen molar-refractivity contribution in [2.45, 2.75) is 50.0 Å². The minimum absolute atomic E-state index is 0.0561. The van der Waals surface area contributed by atoms with Gasteiger partial charge in [-0.15, -0.1) is 0 Å². The molecule has 0 spiro atoms. The summed E-state index contributed by atoms with van der Waals surface area (Å²) in [5, 5.41) is 4.14. The van der Waals surface area contributed by atoms with E-state index >= 15 is 0 Å². The van der Waals surface area contributed by atoms with Crippen LogP contribution in [0.3, 0.4) is 0 Å². The highest BCUT2D eigenvalue weighted by atomic mass is 16.5. The Morgan fingerprint density at radius 2 is 1.96 bits per heavy atom. The molecule has 132 valence electrons. The molecule has 2 aliphatic rings. The number of nitrogens with zero attached hydrogens (tertiary/aromatic N) is 3. The molecule has 2 aromatic rings. The lowest BCUT2D eigenvalue weighted by Gasteiger charge is -2.38. The van der Waals surface area contributed by atoms with Crippen molar-refractivity contribution in [2.75, 3.05) is 13.1 Å².